The largest absolute Gasteiger partial charge is 0.466 e. The number of unbranched alkanes of at least 4 members (excludes halogenated alkanes) is 7. The van der Waals surface area contributed by atoms with Gasteiger partial charge in [0.2, 0.25) is 0 Å². The lowest BCUT2D eigenvalue weighted by Crippen LogP contribution is -2.13. The molecule has 0 spiro atoms. The molecule has 5 nitrogen and oxygen atoms in total. The maximum atomic E-state index is 11.6. The second kappa shape index (κ2) is 20.7. The van der Waals surface area contributed by atoms with Gasteiger partial charge in [-0.05, 0) is 26.7 Å². The van der Waals surface area contributed by atoms with Crippen molar-refractivity contribution in [1.82, 2.24) is 0 Å². The van der Waals surface area contributed by atoms with E-state index in [0.717, 1.165) is 12.8 Å². The third-order valence-electron chi connectivity index (χ3n) is 3.98. The summed E-state index contributed by atoms with van der Waals surface area (Å²) in [5, 5.41) is 0. The average Bonchev–Trinajstić information content (AvgIpc) is 2.61. The quantitative estimate of drug-likeness (QED) is 0.224. The van der Waals surface area contributed by atoms with Crippen molar-refractivity contribution < 1.29 is 23.7 Å². The maximum absolute atomic E-state index is 11.6. The van der Waals surface area contributed by atoms with Gasteiger partial charge in [0.25, 0.3) is 0 Å². The molecule has 0 radical (unpaired) electrons. The van der Waals surface area contributed by atoms with Crippen LogP contribution in [0.25, 0.3) is 0 Å². The summed E-state index contributed by atoms with van der Waals surface area (Å²) in [5.74, 6) is -0.112. The summed E-state index contributed by atoms with van der Waals surface area (Å²) in [5.41, 5.74) is 0. The minimum atomic E-state index is -0.112. The molecule has 0 saturated carbocycles. The highest BCUT2D eigenvalue weighted by Gasteiger charge is 2.02. The molecule has 0 aromatic rings. The van der Waals surface area contributed by atoms with Crippen molar-refractivity contribution in [2.45, 2.75) is 91.1 Å². The number of carbonyl (C=O) groups excluding carboxylic acids is 1. The second-order valence-electron chi connectivity index (χ2n) is 6.94. The molecule has 0 unspecified atom stereocenters. The van der Waals surface area contributed by atoms with Gasteiger partial charge in [0.15, 0.2) is 0 Å². The third-order valence-corrected chi connectivity index (χ3v) is 3.98. The molecule has 0 fully saturated rings. The van der Waals surface area contributed by atoms with E-state index in [4.69, 9.17) is 18.9 Å². The smallest absolute Gasteiger partial charge is 0.305 e. The number of hydrogen-bond donors (Lipinski definition) is 0. The van der Waals surface area contributed by atoms with E-state index in [1.165, 1.54) is 38.5 Å². The Balaban J connectivity index is 3.15. The lowest BCUT2D eigenvalue weighted by molar-refractivity contribution is -0.144. The standard InChI is InChI=1S/C21H42O5/c1-4-5-6-7-8-9-10-11-15-26-21(22)13-12-14-23-16-17-24-18-19-25-20(2)3/h20H,4-19H2,1-3H3. The fraction of sp³-hybridized carbons (Fsp3) is 0.952. The molecule has 0 aromatic carbocycles. The van der Waals surface area contributed by atoms with Crippen LogP contribution in [0.3, 0.4) is 0 Å². The molecule has 0 atom stereocenters. The Morgan fingerprint density at radius 1 is 0.692 bits per heavy atom. The first-order chi connectivity index (χ1) is 12.7. The number of esters is 1. The molecule has 5 heteroatoms. The predicted octanol–water partition coefficient (Wildman–Crippen LogP) is 4.91. The summed E-state index contributed by atoms with van der Waals surface area (Å²) in [4.78, 5) is 11.6. The van der Waals surface area contributed by atoms with Crippen LogP contribution < -0.4 is 0 Å². The molecule has 156 valence electrons. The van der Waals surface area contributed by atoms with Gasteiger partial charge in [0.1, 0.15) is 0 Å². The minimum absolute atomic E-state index is 0.112. The molecule has 0 aliphatic carbocycles. The van der Waals surface area contributed by atoms with Crippen molar-refractivity contribution in [3.05, 3.63) is 0 Å². The molecule has 0 amide bonds. The Morgan fingerprint density at radius 2 is 1.27 bits per heavy atom. The summed E-state index contributed by atoms with van der Waals surface area (Å²) in [6.45, 7) is 9.68. The van der Waals surface area contributed by atoms with Crippen LogP contribution in [0.5, 0.6) is 0 Å². The van der Waals surface area contributed by atoms with Crippen LogP contribution in [0.4, 0.5) is 0 Å². The summed E-state index contributed by atoms with van der Waals surface area (Å²) < 4.78 is 21.4. The molecule has 26 heavy (non-hydrogen) atoms. The van der Waals surface area contributed by atoms with Crippen LogP contribution in [0.2, 0.25) is 0 Å². The van der Waals surface area contributed by atoms with Crippen LogP contribution in [-0.2, 0) is 23.7 Å². The average molecular weight is 375 g/mol. The van der Waals surface area contributed by atoms with Gasteiger partial charge < -0.3 is 18.9 Å². The van der Waals surface area contributed by atoms with E-state index in [9.17, 15) is 4.79 Å². The van der Waals surface area contributed by atoms with Gasteiger partial charge >= 0.3 is 5.97 Å². The minimum Gasteiger partial charge on any atom is -0.466 e. The van der Waals surface area contributed by atoms with E-state index in [0.29, 0.717) is 52.5 Å². The lowest BCUT2D eigenvalue weighted by atomic mass is 10.1. The maximum Gasteiger partial charge on any atom is 0.305 e. The summed E-state index contributed by atoms with van der Waals surface area (Å²) in [7, 11) is 0. The van der Waals surface area contributed by atoms with Gasteiger partial charge in [-0.25, -0.2) is 0 Å². The molecule has 0 aliphatic rings. The first kappa shape index (κ1) is 25.4. The van der Waals surface area contributed by atoms with Crippen LogP contribution in [-0.4, -0.2) is 51.7 Å². The monoisotopic (exact) mass is 374 g/mol. The number of hydrogen-bond acceptors (Lipinski definition) is 5. The van der Waals surface area contributed by atoms with Crippen molar-refractivity contribution in [2.24, 2.45) is 0 Å². The van der Waals surface area contributed by atoms with Gasteiger partial charge in [0, 0.05) is 13.0 Å². The molecule has 0 N–H and O–H groups in total. The van der Waals surface area contributed by atoms with E-state index in [-0.39, 0.29) is 12.1 Å². The van der Waals surface area contributed by atoms with Crippen LogP contribution >= 0.6 is 0 Å². The first-order valence-corrected chi connectivity index (χ1v) is 10.6. The predicted molar refractivity (Wildman–Crippen MR) is 106 cm³/mol. The molecule has 0 bridgehead atoms. The first-order valence-electron chi connectivity index (χ1n) is 10.6. The van der Waals surface area contributed by atoms with Crippen LogP contribution in [0.1, 0.15) is 85.0 Å². The van der Waals surface area contributed by atoms with Crippen molar-refractivity contribution in [2.75, 3.05) is 39.6 Å². The molecule has 0 saturated heterocycles. The Morgan fingerprint density at radius 3 is 1.92 bits per heavy atom. The van der Waals surface area contributed by atoms with E-state index in [1.807, 2.05) is 13.8 Å². The lowest BCUT2D eigenvalue weighted by Gasteiger charge is -2.08. The fourth-order valence-electron chi connectivity index (χ4n) is 2.48. The van der Waals surface area contributed by atoms with Gasteiger partial charge in [-0.3, -0.25) is 4.79 Å². The number of rotatable bonds is 20. The van der Waals surface area contributed by atoms with Crippen molar-refractivity contribution in [1.29, 1.82) is 0 Å². The highest BCUT2D eigenvalue weighted by Crippen LogP contribution is 2.08. The summed E-state index contributed by atoms with van der Waals surface area (Å²) in [6, 6.07) is 0. The van der Waals surface area contributed by atoms with Crippen LogP contribution in [0, 0.1) is 0 Å². The molecule has 0 heterocycles. The highest BCUT2D eigenvalue weighted by molar-refractivity contribution is 5.69. The van der Waals surface area contributed by atoms with Gasteiger partial charge in [-0.1, -0.05) is 51.9 Å². The molecule has 0 aliphatic heterocycles. The number of carbonyl (C=O) groups is 1. The zero-order valence-corrected chi connectivity index (χ0v) is 17.4. The van der Waals surface area contributed by atoms with Crippen molar-refractivity contribution >= 4 is 5.97 Å². The van der Waals surface area contributed by atoms with Gasteiger partial charge in [0.05, 0.1) is 39.1 Å². The Hall–Kier alpha value is -0.650. The SMILES string of the molecule is CCCCCCCCCCOC(=O)CCCOCCOCCOC(C)C. The van der Waals surface area contributed by atoms with E-state index in [2.05, 4.69) is 6.92 Å². The van der Waals surface area contributed by atoms with E-state index in [1.54, 1.807) is 0 Å². The van der Waals surface area contributed by atoms with Crippen molar-refractivity contribution in [3.8, 4) is 0 Å². The number of ether oxygens (including phenoxy) is 4. The topological polar surface area (TPSA) is 54.0 Å². The molecule has 0 rings (SSSR count). The summed E-state index contributed by atoms with van der Waals surface area (Å²) in [6.07, 6.45) is 11.4. The zero-order valence-electron chi connectivity index (χ0n) is 17.4. The normalized spacial score (nSPS) is 11.2. The highest BCUT2D eigenvalue weighted by atomic mass is 16.5. The molecular weight excluding hydrogens is 332 g/mol. The Kier molecular flexibility index (Phi) is 20.1. The van der Waals surface area contributed by atoms with E-state index < -0.39 is 0 Å². The summed E-state index contributed by atoms with van der Waals surface area (Å²) >= 11 is 0. The van der Waals surface area contributed by atoms with Crippen molar-refractivity contribution in [3.63, 3.8) is 0 Å². The van der Waals surface area contributed by atoms with Gasteiger partial charge in [-0.15, -0.1) is 0 Å². The molecular formula is C21H42O5. The zero-order chi connectivity index (χ0) is 19.3. The third kappa shape index (κ3) is 21.4. The van der Waals surface area contributed by atoms with Gasteiger partial charge in [-0.2, -0.15) is 0 Å². The Labute approximate surface area is 161 Å². The van der Waals surface area contributed by atoms with Crippen LogP contribution in [0.15, 0.2) is 0 Å². The fourth-order valence-corrected chi connectivity index (χ4v) is 2.48. The second-order valence-corrected chi connectivity index (χ2v) is 6.94. The van der Waals surface area contributed by atoms with E-state index >= 15 is 0 Å². The molecule has 0 aromatic heterocycles. The Bertz CT molecular complexity index is 294.